The van der Waals surface area contributed by atoms with E-state index in [0.29, 0.717) is 23.8 Å². The van der Waals surface area contributed by atoms with Crippen LogP contribution in [-0.4, -0.2) is 21.5 Å². The molecule has 1 N–H and O–H groups in total. The monoisotopic (exact) mass is 361 g/mol. The van der Waals surface area contributed by atoms with Gasteiger partial charge in [-0.25, -0.2) is 0 Å². The molecule has 0 saturated carbocycles. The van der Waals surface area contributed by atoms with E-state index < -0.39 is 0 Å². The smallest absolute Gasteiger partial charge is 0.248 e. The first-order chi connectivity index (χ1) is 13.0. The summed E-state index contributed by atoms with van der Waals surface area (Å²) in [5, 5.41) is 11.9. The van der Waals surface area contributed by atoms with E-state index in [1.807, 2.05) is 49.4 Å². The second-order valence-electron chi connectivity index (χ2n) is 7.20. The van der Waals surface area contributed by atoms with Gasteiger partial charge in [0.15, 0.2) is 5.78 Å². The zero-order valence-corrected chi connectivity index (χ0v) is 15.9. The van der Waals surface area contributed by atoms with Crippen LogP contribution in [0, 0.1) is 6.92 Å². The first-order valence-electron chi connectivity index (χ1n) is 9.40. The summed E-state index contributed by atoms with van der Waals surface area (Å²) in [5.41, 5.74) is 4.19. The first-order valence-corrected chi connectivity index (χ1v) is 9.40. The number of carbonyl (C=O) groups excluding carboxylic acids is 1. The molecule has 5 heteroatoms. The van der Waals surface area contributed by atoms with Crippen LogP contribution in [0.3, 0.4) is 0 Å². The van der Waals surface area contributed by atoms with Crippen LogP contribution in [0.5, 0.6) is 0 Å². The van der Waals surface area contributed by atoms with E-state index in [2.05, 4.69) is 29.4 Å². The van der Waals surface area contributed by atoms with Gasteiger partial charge in [0.2, 0.25) is 11.8 Å². The maximum atomic E-state index is 12.8. The van der Waals surface area contributed by atoms with Crippen LogP contribution in [0.4, 0.5) is 5.69 Å². The number of carbonyl (C=O) groups is 1. The van der Waals surface area contributed by atoms with Gasteiger partial charge >= 0.3 is 0 Å². The van der Waals surface area contributed by atoms with E-state index in [1.165, 1.54) is 0 Å². The summed E-state index contributed by atoms with van der Waals surface area (Å²) < 4.78 is 5.89. The number of ketones is 1. The Morgan fingerprint density at radius 3 is 2.52 bits per heavy atom. The van der Waals surface area contributed by atoms with Crippen molar-refractivity contribution < 1.29 is 9.21 Å². The number of anilines is 1. The fourth-order valence-corrected chi connectivity index (χ4v) is 3.69. The number of aryl methyl sites for hydroxylation is 1. The molecule has 0 aliphatic carbocycles. The van der Waals surface area contributed by atoms with Crippen molar-refractivity contribution in [2.75, 3.05) is 5.32 Å². The van der Waals surface area contributed by atoms with E-state index in [-0.39, 0.29) is 11.3 Å². The highest BCUT2D eigenvalue weighted by atomic mass is 16.4. The van der Waals surface area contributed by atoms with Gasteiger partial charge in [0.1, 0.15) is 0 Å². The Morgan fingerprint density at radius 2 is 1.78 bits per heavy atom. The van der Waals surface area contributed by atoms with Gasteiger partial charge in [-0.1, -0.05) is 32.0 Å². The molecule has 3 aromatic rings. The Morgan fingerprint density at radius 1 is 1.04 bits per heavy atom. The first kappa shape index (κ1) is 17.5. The molecule has 138 valence electrons. The van der Waals surface area contributed by atoms with E-state index in [1.54, 1.807) is 0 Å². The average Bonchev–Trinajstić information content (AvgIpc) is 3.18. The lowest BCUT2D eigenvalue weighted by atomic mass is 9.81. The van der Waals surface area contributed by atoms with Crippen molar-refractivity contribution in [3.05, 3.63) is 53.6 Å². The molecule has 1 aliphatic heterocycles. The van der Waals surface area contributed by atoms with Crippen molar-refractivity contribution in [2.45, 2.75) is 45.6 Å². The summed E-state index contributed by atoms with van der Waals surface area (Å²) >= 11 is 0. The molecule has 0 spiro atoms. The zero-order chi connectivity index (χ0) is 19.0. The van der Waals surface area contributed by atoms with Crippen LogP contribution >= 0.6 is 0 Å². The lowest BCUT2D eigenvalue weighted by Crippen LogP contribution is -2.43. The predicted molar refractivity (Wildman–Crippen MR) is 106 cm³/mol. The molecule has 1 aliphatic rings. The maximum absolute atomic E-state index is 12.8. The van der Waals surface area contributed by atoms with Crippen molar-refractivity contribution in [1.29, 1.82) is 0 Å². The molecule has 0 saturated heterocycles. The number of hydrogen-bond donors (Lipinski definition) is 1. The third-order valence-electron chi connectivity index (χ3n) is 5.62. The van der Waals surface area contributed by atoms with Gasteiger partial charge in [-0.15, -0.1) is 10.2 Å². The highest BCUT2D eigenvalue weighted by molar-refractivity contribution is 6.05. The predicted octanol–water partition coefficient (Wildman–Crippen LogP) is 5.27. The second kappa shape index (κ2) is 6.65. The Hall–Kier alpha value is -2.95. The molecular formula is C22H23N3O2. The van der Waals surface area contributed by atoms with Gasteiger partial charge in [-0.3, -0.25) is 4.79 Å². The molecule has 27 heavy (non-hydrogen) atoms. The standard InChI is InChI=1S/C22H23N3O2/c1-4-22(5-2)13-19(26)17-12-15(10-11-18(17)23-22)20-24-25-21(27-20)16-9-7-6-8-14(16)3/h6-12,23H,4-5,13H2,1-3H3. The van der Waals surface area contributed by atoms with Crippen LogP contribution in [0.25, 0.3) is 22.9 Å². The Kier molecular flexibility index (Phi) is 4.30. The minimum atomic E-state index is -0.145. The lowest BCUT2D eigenvalue weighted by Gasteiger charge is -2.38. The fraction of sp³-hybridized carbons (Fsp3) is 0.318. The molecule has 0 atom stereocenters. The molecule has 0 fully saturated rings. The maximum Gasteiger partial charge on any atom is 0.248 e. The third-order valence-corrected chi connectivity index (χ3v) is 5.62. The van der Waals surface area contributed by atoms with Gasteiger partial charge < -0.3 is 9.73 Å². The number of benzene rings is 2. The molecule has 0 unspecified atom stereocenters. The van der Waals surface area contributed by atoms with Crippen LogP contribution < -0.4 is 5.32 Å². The highest BCUT2D eigenvalue weighted by Crippen LogP contribution is 2.37. The second-order valence-corrected chi connectivity index (χ2v) is 7.20. The minimum Gasteiger partial charge on any atom is -0.416 e. The van der Waals surface area contributed by atoms with Gasteiger partial charge in [-0.05, 0) is 49.6 Å². The largest absolute Gasteiger partial charge is 0.416 e. The highest BCUT2D eigenvalue weighted by Gasteiger charge is 2.35. The molecule has 0 bridgehead atoms. The average molecular weight is 361 g/mol. The molecule has 1 aromatic heterocycles. The summed E-state index contributed by atoms with van der Waals surface area (Å²) in [6.07, 6.45) is 2.34. The summed E-state index contributed by atoms with van der Waals surface area (Å²) in [6, 6.07) is 13.6. The molecule has 0 radical (unpaired) electrons. The van der Waals surface area contributed by atoms with Crippen LogP contribution in [0.15, 0.2) is 46.9 Å². The topological polar surface area (TPSA) is 68.0 Å². The fourth-order valence-electron chi connectivity index (χ4n) is 3.69. The van der Waals surface area contributed by atoms with Gasteiger partial charge in [0.05, 0.1) is 0 Å². The Balaban J connectivity index is 1.69. The SMILES string of the molecule is CCC1(CC)CC(=O)c2cc(-c3nnc(-c4ccccc4C)o3)ccc2N1. The van der Waals surface area contributed by atoms with Gasteiger partial charge in [-0.2, -0.15) is 0 Å². The van der Waals surface area contributed by atoms with Crippen molar-refractivity contribution in [1.82, 2.24) is 10.2 Å². The van der Waals surface area contributed by atoms with Crippen LogP contribution in [-0.2, 0) is 0 Å². The summed E-state index contributed by atoms with van der Waals surface area (Å²) in [6.45, 7) is 6.25. The Bertz CT molecular complexity index is 1000. The van der Waals surface area contributed by atoms with Crippen molar-refractivity contribution in [2.24, 2.45) is 0 Å². The summed E-state index contributed by atoms with van der Waals surface area (Å²) in [5.74, 6) is 1.07. The normalized spacial score (nSPS) is 15.3. The number of Topliss-reactive ketones (excluding diaryl/α,β-unsaturated/α-hetero) is 1. The summed E-state index contributed by atoms with van der Waals surface area (Å²) in [7, 11) is 0. The number of hydrogen-bond acceptors (Lipinski definition) is 5. The molecule has 5 nitrogen and oxygen atoms in total. The Labute approximate surface area is 158 Å². The number of aromatic nitrogens is 2. The number of rotatable bonds is 4. The zero-order valence-electron chi connectivity index (χ0n) is 15.9. The van der Waals surface area contributed by atoms with Gasteiger partial charge in [0.25, 0.3) is 0 Å². The molecule has 2 heterocycles. The quantitative estimate of drug-likeness (QED) is 0.686. The van der Waals surface area contributed by atoms with Crippen molar-refractivity contribution in [3.8, 4) is 22.9 Å². The van der Waals surface area contributed by atoms with Crippen LogP contribution in [0.1, 0.15) is 49.0 Å². The van der Waals surface area contributed by atoms with Gasteiger partial charge in [0, 0.05) is 34.3 Å². The number of fused-ring (bicyclic) bond motifs is 1. The minimum absolute atomic E-state index is 0.145. The van der Waals surface area contributed by atoms with Crippen molar-refractivity contribution in [3.63, 3.8) is 0 Å². The lowest BCUT2D eigenvalue weighted by molar-refractivity contribution is 0.0946. The number of nitrogens with one attached hydrogen (secondary N) is 1. The van der Waals surface area contributed by atoms with Crippen molar-refractivity contribution >= 4 is 11.5 Å². The number of nitrogens with zero attached hydrogens (tertiary/aromatic N) is 2. The molecule has 0 amide bonds. The molecule has 2 aromatic carbocycles. The van der Waals surface area contributed by atoms with E-state index in [0.717, 1.165) is 35.2 Å². The van der Waals surface area contributed by atoms with Crippen LogP contribution in [0.2, 0.25) is 0 Å². The third kappa shape index (κ3) is 3.03. The molecule has 4 rings (SSSR count). The van der Waals surface area contributed by atoms with E-state index in [9.17, 15) is 4.79 Å². The molecular weight excluding hydrogens is 338 g/mol. The van der Waals surface area contributed by atoms with E-state index >= 15 is 0 Å². The summed E-state index contributed by atoms with van der Waals surface area (Å²) in [4.78, 5) is 12.8. The van der Waals surface area contributed by atoms with E-state index in [4.69, 9.17) is 4.42 Å².